The molecule has 136 valence electrons. The van der Waals surface area contributed by atoms with E-state index in [4.69, 9.17) is 4.74 Å². The number of hydrogen-bond acceptors (Lipinski definition) is 4. The number of anilines is 2. The van der Waals surface area contributed by atoms with Crippen LogP contribution in [-0.4, -0.2) is 23.9 Å². The molecule has 0 unspecified atom stereocenters. The Morgan fingerprint density at radius 1 is 0.852 bits per heavy atom. The number of benzene rings is 2. The highest BCUT2D eigenvalue weighted by molar-refractivity contribution is 6.06. The minimum atomic E-state index is -0.545. The normalized spacial score (nSPS) is 10.1. The molecule has 0 radical (unpaired) electrons. The largest absolute Gasteiger partial charge is 0.497 e. The van der Waals surface area contributed by atoms with Gasteiger partial charge in [-0.1, -0.05) is 18.2 Å². The second-order valence-electron chi connectivity index (χ2n) is 5.56. The summed E-state index contributed by atoms with van der Waals surface area (Å²) in [5.74, 6) is -0.878. The Bertz CT molecular complexity index is 991. The van der Waals surface area contributed by atoms with E-state index in [1.54, 1.807) is 36.4 Å². The van der Waals surface area contributed by atoms with Crippen molar-refractivity contribution in [3.05, 3.63) is 83.9 Å². The predicted octanol–water partition coefficient (Wildman–Crippen LogP) is 3.73. The summed E-state index contributed by atoms with van der Waals surface area (Å²) in [6, 6.07) is 16.9. The van der Waals surface area contributed by atoms with Crippen LogP contribution in [0, 0.1) is 5.82 Å². The third-order valence-electron chi connectivity index (χ3n) is 3.62. The van der Waals surface area contributed by atoms with Crippen LogP contribution in [0.4, 0.5) is 15.8 Å². The van der Waals surface area contributed by atoms with E-state index in [9.17, 15) is 14.0 Å². The summed E-state index contributed by atoms with van der Waals surface area (Å²) < 4.78 is 18.3. The fourth-order valence-corrected chi connectivity index (χ4v) is 2.34. The molecule has 27 heavy (non-hydrogen) atoms. The molecule has 0 saturated heterocycles. The lowest BCUT2D eigenvalue weighted by molar-refractivity contribution is 0.101. The van der Waals surface area contributed by atoms with Gasteiger partial charge in [0.15, 0.2) is 0 Å². The summed E-state index contributed by atoms with van der Waals surface area (Å²) in [5, 5.41) is 5.23. The van der Waals surface area contributed by atoms with Crippen molar-refractivity contribution >= 4 is 23.2 Å². The zero-order valence-corrected chi connectivity index (χ0v) is 14.4. The number of nitrogens with one attached hydrogen (secondary N) is 2. The standard InChI is InChI=1S/C20H16FN3O3/c1-27-16-8-3-7-15(12-16)23-20(26)18-10-4-9-17(24-18)19(25)22-14-6-2-5-13(21)11-14/h2-12H,1H3,(H,22,25)(H,23,26). The van der Waals surface area contributed by atoms with E-state index in [0.29, 0.717) is 17.1 Å². The Labute approximate surface area is 155 Å². The van der Waals surface area contributed by atoms with E-state index in [1.165, 1.54) is 37.4 Å². The Morgan fingerprint density at radius 2 is 1.41 bits per heavy atom. The Morgan fingerprint density at radius 3 is 2.00 bits per heavy atom. The fourth-order valence-electron chi connectivity index (χ4n) is 2.34. The minimum absolute atomic E-state index is 0.0394. The number of carbonyl (C=O) groups excluding carboxylic acids is 2. The van der Waals surface area contributed by atoms with Crippen molar-refractivity contribution in [3.8, 4) is 5.75 Å². The SMILES string of the molecule is COc1cccc(NC(=O)c2cccc(C(=O)Nc3cccc(F)c3)n2)c1. The van der Waals surface area contributed by atoms with Crippen molar-refractivity contribution in [1.29, 1.82) is 0 Å². The van der Waals surface area contributed by atoms with Crippen molar-refractivity contribution in [1.82, 2.24) is 4.98 Å². The molecule has 7 heteroatoms. The summed E-state index contributed by atoms with van der Waals surface area (Å²) in [4.78, 5) is 28.8. The number of nitrogens with zero attached hydrogens (tertiary/aromatic N) is 1. The van der Waals surface area contributed by atoms with Gasteiger partial charge in [-0.15, -0.1) is 0 Å². The van der Waals surface area contributed by atoms with Gasteiger partial charge in [0.25, 0.3) is 11.8 Å². The lowest BCUT2D eigenvalue weighted by Gasteiger charge is -2.08. The van der Waals surface area contributed by atoms with E-state index < -0.39 is 17.6 Å². The van der Waals surface area contributed by atoms with Crippen molar-refractivity contribution in [2.75, 3.05) is 17.7 Å². The van der Waals surface area contributed by atoms with Crippen LogP contribution in [0.1, 0.15) is 21.0 Å². The molecule has 0 fully saturated rings. The number of amides is 2. The van der Waals surface area contributed by atoms with Gasteiger partial charge in [-0.2, -0.15) is 0 Å². The molecule has 1 heterocycles. The van der Waals surface area contributed by atoms with Crippen LogP contribution in [0.2, 0.25) is 0 Å². The number of halogens is 1. The number of hydrogen-bond donors (Lipinski definition) is 2. The number of pyridine rings is 1. The first kappa shape index (κ1) is 18.1. The van der Waals surface area contributed by atoms with E-state index in [0.717, 1.165) is 0 Å². The zero-order chi connectivity index (χ0) is 19.2. The monoisotopic (exact) mass is 365 g/mol. The maximum atomic E-state index is 13.2. The first-order valence-corrected chi connectivity index (χ1v) is 8.04. The quantitative estimate of drug-likeness (QED) is 0.722. The van der Waals surface area contributed by atoms with Crippen molar-refractivity contribution in [2.24, 2.45) is 0 Å². The van der Waals surface area contributed by atoms with Gasteiger partial charge in [0.05, 0.1) is 7.11 Å². The Balaban J connectivity index is 1.74. The summed E-state index contributed by atoms with van der Waals surface area (Å²) in [7, 11) is 1.53. The van der Waals surface area contributed by atoms with Gasteiger partial charge in [0.1, 0.15) is 23.0 Å². The van der Waals surface area contributed by atoms with Crippen LogP contribution >= 0.6 is 0 Å². The number of aromatic nitrogens is 1. The second-order valence-corrected chi connectivity index (χ2v) is 5.56. The van der Waals surface area contributed by atoms with E-state index >= 15 is 0 Å². The summed E-state index contributed by atoms with van der Waals surface area (Å²) in [6.07, 6.45) is 0. The smallest absolute Gasteiger partial charge is 0.274 e. The molecule has 3 aromatic rings. The third-order valence-corrected chi connectivity index (χ3v) is 3.62. The zero-order valence-electron chi connectivity index (χ0n) is 14.4. The molecule has 0 saturated carbocycles. The van der Waals surface area contributed by atoms with Crippen LogP contribution in [0.3, 0.4) is 0 Å². The molecule has 2 amide bonds. The van der Waals surface area contributed by atoms with Gasteiger partial charge in [-0.05, 0) is 42.5 Å². The summed E-state index contributed by atoms with van der Waals surface area (Å²) >= 11 is 0. The predicted molar refractivity (Wildman–Crippen MR) is 99.5 cm³/mol. The van der Waals surface area contributed by atoms with Crippen LogP contribution < -0.4 is 15.4 Å². The van der Waals surface area contributed by atoms with E-state index in [2.05, 4.69) is 15.6 Å². The number of carbonyl (C=O) groups is 2. The molecular weight excluding hydrogens is 349 g/mol. The van der Waals surface area contributed by atoms with Crippen molar-refractivity contribution in [3.63, 3.8) is 0 Å². The van der Waals surface area contributed by atoms with Gasteiger partial charge in [0.2, 0.25) is 0 Å². The van der Waals surface area contributed by atoms with Gasteiger partial charge in [-0.25, -0.2) is 9.37 Å². The highest BCUT2D eigenvalue weighted by Crippen LogP contribution is 2.17. The van der Waals surface area contributed by atoms with Gasteiger partial charge in [-0.3, -0.25) is 9.59 Å². The maximum Gasteiger partial charge on any atom is 0.274 e. The Kier molecular flexibility index (Phi) is 5.41. The fraction of sp³-hybridized carbons (Fsp3) is 0.0500. The van der Waals surface area contributed by atoms with Crippen LogP contribution in [-0.2, 0) is 0 Å². The molecule has 0 aliphatic rings. The molecule has 6 nitrogen and oxygen atoms in total. The van der Waals surface area contributed by atoms with Crippen molar-refractivity contribution in [2.45, 2.75) is 0 Å². The minimum Gasteiger partial charge on any atom is -0.497 e. The molecule has 0 aliphatic carbocycles. The topological polar surface area (TPSA) is 80.3 Å². The van der Waals surface area contributed by atoms with Gasteiger partial charge >= 0.3 is 0 Å². The molecule has 0 aliphatic heterocycles. The number of methoxy groups -OCH3 is 1. The van der Waals surface area contributed by atoms with Crippen LogP contribution in [0.15, 0.2) is 66.7 Å². The van der Waals surface area contributed by atoms with Crippen LogP contribution in [0.25, 0.3) is 0 Å². The van der Waals surface area contributed by atoms with Crippen molar-refractivity contribution < 1.29 is 18.7 Å². The molecular formula is C20H16FN3O3. The van der Waals surface area contributed by atoms with Gasteiger partial charge in [0, 0.05) is 17.4 Å². The highest BCUT2D eigenvalue weighted by atomic mass is 19.1. The summed E-state index contributed by atoms with van der Waals surface area (Å²) in [6.45, 7) is 0. The van der Waals surface area contributed by atoms with E-state index in [-0.39, 0.29) is 11.4 Å². The lowest BCUT2D eigenvalue weighted by atomic mass is 10.2. The lowest BCUT2D eigenvalue weighted by Crippen LogP contribution is -2.18. The van der Waals surface area contributed by atoms with Gasteiger partial charge < -0.3 is 15.4 Å². The molecule has 0 spiro atoms. The highest BCUT2D eigenvalue weighted by Gasteiger charge is 2.13. The molecule has 0 atom stereocenters. The van der Waals surface area contributed by atoms with E-state index in [1.807, 2.05) is 0 Å². The Hall–Kier alpha value is -3.74. The number of rotatable bonds is 5. The molecule has 2 N–H and O–H groups in total. The molecule has 3 rings (SSSR count). The average Bonchev–Trinajstić information content (AvgIpc) is 2.68. The van der Waals surface area contributed by atoms with Crippen LogP contribution in [0.5, 0.6) is 5.75 Å². The maximum absolute atomic E-state index is 13.2. The summed E-state index contributed by atoms with van der Waals surface area (Å²) in [5.41, 5.74) is 0.950. The second kappa shape index (κ2) is 8.09. The first-order valence-electron chi connectivity index (χ1n) is 8.04. The number of ether oxygens (including phenoxy) is 1. The average molecular weight is 365 g/mol. The molecule has 1 aromatic heterocycles. The third kappa shape index (κ3) is 4.66. The molecule has 0 bridgehead atoms. The first-order chi connectivity index (χ1) is 13.0. The molecule has 2 aromatic carbocycles.